The van der Waals surface area contributed by atoms with Crippen molar-refractivity contribution in [2.45, 2.75) is 27.7 Å². The largest absolute Gasteiger partial charge is 0.496 e. The Morgan fingerprint density at radius 3 is 2.24 bits per heavy atom. The topological polar surface area (TPSA) is 30.8 Å². The van der Waals surface area contributed by atoms with Crippen LogP contribution in [-0.2, 0) is 4.84 Å². The van der Waals surface area contributed by atoms with Crippen molar-refractivity contribution in [1.29, 1.82) is 0 Å². The molecule has 0 atom stereocenters. The average Bonchev–Trinajstić information content (AvgIpc) is 2.31. The molecule has 4 heteroatoms. The van der Waals surface area contributed by atoms with Crippen LogP contribution >= 0.6 is 0 Å². The first-order valence-electron chi connectivity index (χ1n) is 5.52. The van der Waals surface area contributed by atoms with Gasteiger partial charge in [0, 0.05) is 0 Å². The number of methoxy groups -OCH3 is 1. The number of nitrogens with zero attached hydrogens (tertiary/aromatic N) is 1. The summed E-state index contributed by atoms with van der Waals surface area (Å²) in [6, 6.07) is 3.59. The Hall–Kier alpha value is -1.58. The van der Waals surface area contributed by atoms with Crippen molar-refractivity contribution in [3.63, 3.8) is 0 Å². The fourth-order valence-corrected chi connectivity index (χ4v) is 1.51. The van der Waals surface area contributed by atoms with Gasteiger partial charge < -0.3 is 9.57 Å². The summed E-state index contributed by atoms with van der Waals surface area (Å²) in [7, 11) is 2.80. The summed E-state index contributed by atoms with van der Waals surface area (Å²) in [5, 5.41) is 3.26. The van der Waals surface area contributed by atoms with Crippen LogP contribution in [0.4, 0.5) is 4.39 Å². The molecule has 0 heterocycles. The number of hydrogen-bond acceptors (Lipinski definition) is 3. The highest BCUT2D eigenvalue weighted by atomic mass is 19.1. The molecule has 1 rings (SSSR count). The van der Waals surface area contributed by atoms with Gasteiger partial charge in [0.05, 0.1) is 12.7 Å². The molecule has 0 radical (unpaired) electrons. The van der Waals surface area contributed by atoms with Crippen molar-refractivity contribution in [2.24, 2.45) is 5.16 Å². The summed E-state index contributed by atoms with van der Waals surface area (Å²) >= 11 is 0. The summed E-state index contributed by atoms with van der Waals surface area (Å²) in [6.07, 6.45) is 0. The molecule has 0 aliphatic rings. The Balaban J connectivity index is 0.00000121. The molecular formula is C13H20FNO2. The zero-order valence-corrected chi connectivity index (χ0v) is 11.3. The minimum absolute atomic E-state index is 0.317. The van der Waals surface area contributed by atoms with E-state index in [2.05, 4.69) is 9.99 Å². The van der Waals surface area contributed by atoms with Crippen molar-refractivity contribution < 1.29 is 14.0 Å². The fourth-order valence-electron chi connectivity index (χ4n) is 1.51. The second kappa shape index (κ2) is 7.65. The lowest BCUT2D eigenvalue weighted by Crippen LogP contribution is -2.01. The maximum atomic E-state index is 13.5. The molecule has 96 valence electrons. The summed E-state index contributed by atoms with van der Waals surface area (Å²) in [5.74, 6) is -0.194. The lowest BCUT2D eigenvalue weighted by Gasteiger charge is -2.10. The first-order chi connectivity index (χ1) is 8.10. The molecule has 0 fully saturated rings. The van der Waals surface area contributed by atoms with Crippen LogP contribution in [0.15, 0.2) is 17.3 Å². The zero-order chi connectivity index (χ0) is 13.4. The van der Waals surface area contributed by atoms with Gasteiger partial charge in [0.15, 0.2) is 0 Å². The monoisotopic (exact) mass is 241 g/mol. The number of oxime groups is 1. The molecule has 17 heavy (non-hydrogen) atoms. The molecule has 0 aliphatic heterocycles. The van der Waals surface area contributed by atoms with Crippen molar-refractivity contribution >= 4 is 5.97 Å². The van der Waals surface area contributed by atoms with Crippen LogP contribution in [0, 0.1) is 13.8 Å². The molecule has 0 N–H and O–H groups in total. The summed E-state index contributed by atoms with van der Waals surface area (Å²) in [4.78, 5) is 4.39. The van der Waals surface area contributed by atoms with Gasteiger partial charge in [0.25, 0.3) is 5.97 Å². The highest BCUT2D eigenvalue weighted by molar-refractivity contribution is 5.96. The number of ether oxygens (including phenoxy) is 1. The molecule has 0 bridgehead atoms. The second-order valence-electron chi connectivity index (χ2n) is 3.23. The van der Waals surface area contributed by atoms with Gasteiger partial charge in [-0.3, -0.25) is 0 Å². The van der Waals surface area contributed by atoms with Crippen molar-refractivity contribution in [3.8, 4) is 5.75 Å². The molecule has 0 aromatic heterocycles. The van der Waals surface area contributed by atoms with Gasteiger partial charge in [-0.25, -0.2) is 0 Å². The maximum Gasteiger partial charge on any atom is 0.260 e. The highest BCUT2D eigenvalue weighted by Gasteiger charge is 2.13. The lowest BCUT2D eigenvalue weighted by atomic mass is 10.1. The van der Waals surface area contributed by atoms with E-state index in [9.17, 15) is 4.39 Å². The average molecular weight is 241 g/mol. The van der Waals surface area contributed by atoms with E-state index in [1.165, 1.54) is 14.2 Å². The van der Waals surface area contributed by atoms with Gasteiger partial charge in [-0.15, -0.1) is 0 Å². The van der Waals surface area contributed by atoms with Crippen molar-refractivity contribution in [2.75, 3.05) is 14.2 Å². The summed E-state index contributed by atoms with van der Waals surface area (Å²) in [6.45, 7) is 7.74. The Bertz CT molecular complexity index is 389. The molecular weight excluding hydrogens is 221 g/mol. The predicted octanol–water partition coefficient (Wildman–Crippen LogP) is 3.62. The summed E-state index contributed by atoms with van der Waals surface area (Å²) < 4.78 is 18.6. The summed E-state index contributed by atoms with van der Waals surface area (Å²) in [5.41, 5.74) is 2.13. The standard InChI is InChI=1S/C11H14FNO2.C2H6/c1-7-5-8(2)10(14-3)9(6-7)11(12)13-15-4;1-2/h5-6H,1-4H3;1-2H3/b13-11+;. The van der Waals surface area contributed by atoms with Crippen molar-refractivity contribution in [3.05, 3.63) is 28.8 Å². The molecule has 1 aromatic carbocycles. The van der Waals surface area contributed by atoms with Gasteiger partial charge in [0.1, 0.15) is 12.9 Å². The van der Waals surface area contributed by atoms with E-state index in [0.717, 1.165) is 11.1 Å². The number of hydrogen-bond donors (Lipinski definition) is 0. The van der Waals surface area contributed by atoms with Crippen LogP contribution in [0.25, 0.3) is 0 Å². The molecule has 0 amide bonds. The normalized spacial score (nSPS) is 10.4. The maximum absolute atomic E-state index is 13.5. The third kappa shape index (κ3) is 4.06. The second-order valence-corrected chi connectivity index (χ2v) is 3.23. The Labute approximate surface area is 102 Å². The van der Waals surface area contributed by atoms with E-state index >= 15 is 0 Å². The van der Waals surface area contributed by atoms with Crippen LogP contribution in [0.1, 0.15) is 30.5 Å². The van der Waals surface area contributed by atoms with Crippen LogP contribution < -0.4 is 4.74 Å². The van der Waals surface area contributed by atoms with Gasteiger partial charge in [0.2, 0.25) is 0 Å². The Morgan fingerprint density at radius 1 is 1.18 bits per heavy atom. The van der Waals surface area contributed by atoms with E-state index in [0.29, 0.717) is 11.3 Å². The van der Waals surface area contributed by atoms with Gasteiger partial charge in [-0.05, 0) is 31.0 Å². The van der Waals surface area contributed by atoms with Crippen molar-refractivity contribution in [1.82, 2.24) is 0 Å². The highest BCUT2D eigenvalue weighted by Crippen LogP contribution is 2.26. The number of benzene rings is 1. The number of aryl methyl sites for hydroxylation is 2. The van der Waals surface area contributed by atoms with Crippen LogP contribution in [0.5, 0.6) is 5.75 Å². The Morgan fingerprint density at radius 2 is 1.76 bits per heavy atom. The fraction of sp³-hybridized carbons (Fsp3) is 0.462. The third-order valence-electron chi connectivity index (χ3n) is 2.02. The van der Waals surface area contributed by atoms with Crippen LogP contribution in [0.2, 0.25) is 0 Å². The minimum atomic E-state index is -0.679. The number of halogens is 1. The quantitative estimate of drug-likeness (QED) is 0.597. The molecule has 0 aliphatic carbocycles. The van der Waals surface area contributed by atoms with E-state index in [4.69, 9.17) is 4.74 Å². The molecule has 3 nitrogen and oxygen atoms in total. The van der Waals surface area contributed by atoms with Gasteiger partial charge in [-0.1, -0.05) is 25.1 Å². The Kier molecular flexibility index (Phi) is 6.94. The van der Waals surface area contributed by atoms with Gasteiger partial charge >= 0.3 is 0 Å². The zero-order valence-electron chi connectivity index (χ0n) is 11.3. The van der Waals surface area contributed by atoms with E-state index in [-0.39, 0.29) is 0 Å². The molecule has 0 unspecified atom stereocenters. The molecule has 0 spiro atoms. The third-order valence-corrected chi connectivity index (χ3v) is 2.02. The SMILES string of the molecule is CC.CO/N=C(/F)c1cc(C)cc(C)c1OC. The lowest BCUT2D eigenvalue weighted by molar-refractivity contribution is 0.209. The van der Waals surface area contributed by atoms with E-state index in [1.54, 1.807) is 6.07 Å². The first kappa shape index (κ1) is 15.4. The molecule has 0 saturated heterocycles. The minimum Gasteiger partial charge on any atom is -0.496 e. The molecule has 0 saturated carbocycles. The smallest absolute Gasteiger partial charge is 0.260 e. The van der Waals surface area contributed by atoms with Crippen LogP contribution in [0.3, 0.4) is 0 Å². The molecule has 1 aromatic rings. The van der Waals surface area contributed by atoms with Gasteiger partial charge in [-0.2, -0.15) is 4.39 Å². The van der Waals surface area contributed by atoms with E-state index in [1.807, 2.05) is 33.8 Å². The van der Waals surface area contributed by atoms with Crippen LogP contribution in [-0.4, -0.2) is 20.2 Å². The predicted molar refractivity (Wildman–Crippen MR) is 68.5 cm³/mol. The first-order valence-corrected chi connectivity index (χ1v) is 5.52. The van der Waals surface area contributed by atoms with E-state index < -0.39 is 5.97 Å². The number of rotatable bonds is 3.